The standard InChI is InChI=1S/C9H14O6/c1-9(2,3)15-6(10)4-5(7(11)12)8(13)14/h5H,4H2,1-3H3,(H,11,12)(H,13,14). The second-order valence-electron chi connectivity index (χ2n) is 4.02. The number of carboxylic acid groups (broad SMARTS) is 2. The van der Waals surface area contributed by atoms with Crippen molar-refractivity contribution in [2.24, 2.45) is 5.92 Å². The zero-order valence-corrected chi connectivity index (χ0v) is 8.81. The van der Waals surface area contributed by atoms with Gasteiger partial charge >= 0.3 is 17.9 Å². The van der Waals surface area contributed by atoms with E-state index in [0.29, 0.717) is 0 Å². The van der Waals surface area contributed by atoms with Crippen LogP contribution in [0.1, 0.15) is 27.2 Å². The van der Waals surface area contributed by atoms with Crippen molar-refractivity contribution >= 4 is 17.9 Å². The Balaban J connectivity index is 4.38. The third kappa shape index (κ3) is 5.66. The fourth-order valence-corrected chi connectivity index (χ4v) is 0.830. The third-order valence-electron chi connectivity index (χ3n) is 1.39. The summed E-state index contributed by atoms with van der Waals surface area (Å²) >= 11 is 0. The van der Waals surface area contributed by atoms with Crippen molar-refractivity contribution in [3.05, 3.63) is 0 Å². The van der Waals surface area contributed by atoms with E-state index < -0.39 is 35.8 Å². The second kappa shape index (κ2) is 4.77. The molecule has 15 heavy (non-hydrogen) atoms. The molecule has 0 amide bonds. The van der Waals surface area contributed by atoms with Gasteiger partial charge in [0.05, 0.1) is 6.42 Å². The van der Waals surface area contributed by atoms with Crippen LogP contribution in [0.15, 0.2) is 0 Å². The lowest BCUT2D eigenvalue weighted by molar-refractivity contribution is -0.165. The van der Waals surface area contributed by atoms with E-state index >= 15 is 0 Å². The van der Waals surface area contributed by atoms with E-state index in [0.717, 1.165) is 0 Å². The summed E-state index contributed by atoms with van der Waals surface area (Å²) in [6.07, 6.45) is -0.665. The van der Waals surface area contributed by atoms with Gasteiger partial charge in [-0.05, 0) is 20.8 Å². The predicted octanol–water partition coefficient (Wildman–Crippen LogP) is 0.504. The molecule has 0 fully saturated rings. The van der Waals surface area contributed by atoms with Crippen LogP contribution >= 0.6 is 0 Å². The highest BCUT2D eigenvalue weighted by molar-refractivity contribution is 5.96. The van der Waals surface area contributed by atoms with Crippen LogP contribution in [0.25, 0.3) is 0 Å². The number of rotatable bonds is 4. The molecular weight excluding hydrogens is 204 g/mol. The zero-order chi connectivity index (χ0) is 12.2. The highest BCUT2D eigenvalue weighted by Gasteiger charge is 2.30. The summed E-state index contributed by atoms with van der Waals surface area (Å²) in [4.78, 5) is 32.0. The number of esters is 1. The van der Waals surface area contributed by atoms with Gasteiger partial charge in [-0.3, -0.25) is 14.4 Å². The van der Waals surface area contributed by atoms with Gasteiger partial charge in [-0.2, -0.15) is 0 Å². The average Bonchev–Trinajstić information content (AvgIpc) is 1.95. The van der Waals surface area contributed by atoms with Crippen molar-refractivity contribution in [2.75, 3.05) is 0 Å². The van der Waals surface area contributed by atoms with E-state index in [4.69, 9.17) is 14.9 Å². The van der Waals surface area contributed by atoms with Crippen molar-refractivity contribution in [1.82, 2.24) is 0 Å². The van der Waals surface area contributed by atoms with E-state index in [2.05, 4.69) is 0 Å². The molecule has 0 rings (SSSR count). The number of aliphatic carboxylic acids is 2. The molecule has 0 aliphatic rings. The lowest BCUT2D eigenvalue weighted by atomic mass is 10.1. The van der Waals surface area contributed by atoms with Crippen molar-refractivity contribution < 1.29 is 29.3 Å². The van der Waals surface area contributed by atoms with Crippen molar-refractivity contribution in [1.29, 1.82) is 0 Å². The topological polar surface area (TPSA) is 101 Å². The zero-order valence-electron chi connectivity index (χ0n) is 8.81. The number of ether oxygens (including phenoxy) is 1. The molecule has 6 heteroatoms. The molecule has 0 spiro atoms. The van der Waals surface area contributed by atoms with E-state index in [9.17, 15) is 14.4 Å². The monoisotopic (exact) mass is 218 g/mol. The molecular formula is C9H14O6. The molecule has 0 heterocycles. The van der Waals surface area contributed by atoms with E-state index in [-0.39, 0.29) is 0 Å². The van der Waals surface area contributed by atoms with Crippen molar-refractivity contribution in [3.63, 3.8) is 0 Å². The molecule has 0 aliphatic carbocycles. The Morgan fingerprint density at radius 1 is 1.13 bits per heavy atom. The minimum Gasteiger partial charge on any atom is -0.481 e. The highest BCUT2D eigenvalue weighted by Crippen LogP contribution is 2.12. The first-order valence-corrected chi connectivity index (χ1v) is 4.31. The number of carboxylic acids is 2. The largest absolute Gasteiger partial charge is 0.481 e. The smallest absolute Gasteiger partial charge is 0.318 e. The minimum atomic E-state index is -1.75. The second-order valence-corrected chi connectivity index (χ2v) is 4.02. The average molecular weight is 218 g/mol. The summed E-state index contributed by atoms with van der Waals surface area (Å²) in [5, 5.41) is 17.0. The van der Waals surface area contributed by atoms with Gasteiger partial charge in [-0.15, -0.1) is 0 Å². The van der Waals surface area contributed by atoms with Crippen LogP contribution in [0.5, 0.6) is 0 Å². The SMILES string of the molecule is CC(C)(C)OC(=O)CC(C(=O)O)C(=O)O. The third-order valence-corrected chi connectivity index (χ3v) is 1.39. The molecule has 6 nitrogen and oxygen atoms in total. The molecule has 2 N–H and O–H groups in total. The predicted molar refractivity (Wildman–Crippen MR) is 49.2 cm³/mol. The maximum Gasteiger partial charge on any atom is 0.318 e. The van der Waals surface area contributed by atoms with Crippen LogP contribution in [0, 0.1) is 5.92 Å². The molecule has 0 unspecified atom stereocenters. The van der Waals surface area contributed by atoms with Crippen molar-refractivity contribution in [3.8, 4) is 0 Å². The van der Waals surface area contributed by atoms with Gasteiger partial charge in [0.1, 0.15) is 5.60 Å². The first-order valence-electron chi connectivity index (χ1n) is 4.31. The van der Waals surface area contributed by atoms with Crippen LogP contribution in [0.3, 0.4) is 0 Å². The van der Waals surface area contributed by atoms with Gasteiger partial charge in [0, 0.05) is 0 Å². The molecule has 0 aromatic rings. The number of carbonyl (C=O) groups excluding carboxylic acids is 1. The molecule has 0 bridgehead atoms. The Bertz CT molecular complexity index is 261. The summed E-state index contributed by atoms with van der Waals surface area (Å²) in [5.41, 5.74) is -0.751. The van der Waals surface area contributed by atoms with Crippen LogP contribution in [0.4, 0.5) is 0 Å². The Morgan fingerprint density at radius 3 is 1.80 bits per heavy atom. The summed E-state index contributed by atoms with van der Waals surface area (Å²) in [6, 6.07) is 0. The van der Waals surface area contributed by atoms with Gasteiger partial charge in [0.2, 0.25) is 0 Å². The molecule has 0 saturated heterocycles. The summed E-state index contributed by atoms with van der Waals surface area (Å²) in [7, 11) is 0. The first kappa shape index (κ1) is 13.4. The number of carbonyl (C=O) groups is 3. The van der Waals surface area contributed by atoms with Gasteiger partial charge in [0.25, 0.3) is 0 Å². The summed E-state index contributed by atoms with van der Waals surface area (Å²) in [5.74, 6) is -5.68. The van der Waals surface area contributed by atoms with Gasteiger partial charge in [0.15, 0.2) is 5.92 Å². The van der Waals surface area contributed by atoms with E-state index in [1.807, 2.05) is 0 Å². The van der Waals surface area contributed by atoms with Crippen LogP contribution in [0.2, 0.25) is 0 Å². The molecule has 0 aliphatic heterocycles. The number of hydrogen-bond donors (Lipinski definition) is 2. The van der Waals surface area contributed by atoms with Gasteiger partial charge in [-0.1, -0.05) is 0 Å². The summed E-state index contributed by atoms with van der Waals surface area (Å²) in [6.45, 7) is 4.84. The van der Waals surface area contributed by atoms with E-state index in [1.54, 1.807) is 20.8 Å². The van der Waals surface area contributed by atoms with E-state index in [1.165, 1.54) is 0 Å². The first-order chi connectivity index (χ1) is 6.63. The molecule has 0 radical (unpaired) electrons. The Labute approximate surface area is 86.8 Å². The molecule has 86 valence electrons. The van der Waals surface area contributed by atoms with Crippen LogP contribution < -0.4 is 0 Å². The Kier molecular flexibility index (Phi) is 4.26. The lowest BCUT2D eigenvalue weighted by Gasteiger charge is -2.20. The van der Waals surface area contributed by atoms with Crippen LogP contribution in [-0.4, -0.2) is 33.7 Å². The fourth-order valence-electron chi connectivity index (χ4n) is 0.830. The molecule has 0 aromatic heterocycles. The normalized spacial score (nSPS) is 11.2. The van der Waals surface area contributed by atoms with Crippen LogP contribution in [-0.2, 0) is 19.1 Å². The van der Waals surface area contributed by atoms with Gasteiger partial charge < -0.3 is 14.9 Å². The van der Waals surface area contributed by atoms with Gasteiger partial charge in [-0.25, -0.2) is 0 Å². The lowest BCUT2D eigenvalue weighted by Crippen LogP contribution is -2.30. The number of hydrogen-bond acceptors (Lipinski definition) is 4. The maximum atomic E-state index is 11.1. The maximum absolute atomic E-state index is 11.1. The minimum absolute atomic E-state index is 0.665. The van der Waals surface area contributed by atoms with Crippen molar-refractivity contribution in [2.45, 2.75) is 32.8 Å². The summed E-state index contributed by atoms with van der Waals surface area (Å²) < 4.78 is 4.80. The molecule has 0 atom stereocenters. The fraction of sp³-hybridized carbons (Fsp3) is 0.667. The molecule has 0 aromatic carbocycles. The highest BCUT2D eigenvalue weighted by atomic mass is 16.6. The Morgan fingerprint density at radius 2 is 1.53 bits per heavy atom. The Hall–Kier alpha value is -1.59. The quantitative estimate of drug-likeness (QED) is 0.526. The molecule has 0 saturated carbocycles.